The molecule has 14 heavy (non-hydrogen) atoms. The first-order valence-electron chi connectivity index (χ1n) is 4.04. The summed E-state index contributed by atoms with van der Waals surface area (Å²) in [7, 11) is 0. The third-order valence-electron chi connectivity index (χ3n) is 1.70. The van der Waals surface area contributed by atoms with Gasteiger partial charge in [-0.3, -0.25) is 4.98 Å². The Balaban J connectivity index is 2.46. The van der Waals surface area contributed by atoms with Gasteiger partial charge in [0.1, 0.15) is 0 Å². The molecular weight excluding hydrogens is 196 g/mol. The minimum atomic E-state index is 0.189. The molecule has 1 aromatic carbocycles. The van der Waals surface area contributed by atoms with Crippen molar-refractivity contribution >= 4 is 34.2 Å². The molecule has 3 N–H and O–H groups in total. The smallest absolute Gasteiger partial charge is 0.169 e. The van der Waals surface area contributed by atoms with Gasteiger partial charge in [0.2, 0.25) is 0 Å². The summed E-state index contributed by atoms with van der Waals surface area (Å²) >= 11 is 4.70. The highest BCUT2D eigenvalue weighted by molar-refractivity contribution is 7.80. The Morgan fingerprint density at radius 1 is 1.29 bits per heavy atom. The highest BCUT2D eigenvalue weighted by Gasteiger charge is 1.98. The summed E-state index contributed by atoms with van der Waals surface area (Å²) in [6, 6.07) is 7.60. The van der Waals surface area contributed by atoms with Gasteiger partial charge < -0.3 is 11.1 Å². The zero-order chi connectivity index (χ0) is 9.97. The maximum Gasteiger partial charge on any atom is 0.169 e. The Morgan fingerprint density at radius 2 is 2.00 bits per heavy atom. The largest absolute Gasteiger partial charge is 0.376 e. The van der Waals surface area contributed by atoms with Gasteiger partial charge in [-0.25, -0.2) is 4.98 Å². The lowest BCUT2D eigenvalue weighted by Gasteiger charge is -2.02. The number of nitrogens with two attached hydrogens (primary N) is 1. The lowest BCUT2D eigenvalue weighted by Crippen LogP contribution is -2.19. The van der Waals surface area contributed by atoms with Crippen LogP contribution in [0.1, 0.15) is 0 Å². The summed E-state index contributed by atoms with van der Waals surface area (Å²) < 4.78 is 0. The van der Waals surface area contributed by atoms with Crippen LogP contribution in [-0.4, -0.2) is 15.1 Å². The van der Waals surface area contributed by atoms with E-state index in [1.54, 1.807) is 6.20 Å². The van der Waals surface area contributed by atoms with Crippen molar-refractivity contribution in [1.29, 1.82) is 0 Å². The summed E-state index contributed by atoms with van der Waals surface area (Å²) in [4.78, 5) is 8.47. The van der Waals surface area contributed by atoms with E-state index in [0.717, 1.165) is 11.0 Å². The van der Waals surface area contributed by atoms with Crippen LogP contribution >= 0.6 is 12.2 Å². The Morgan fingerprint density at radius 3 is 2.71 bits per heavy atom. The van der Waals surface area contributed by atoms with Gasteiger partial charge in [-0.05, 0) is 24.4 Å². The fourth-order valence-electron chi connectivity index (χ4n) is 1.14. The van der Waals surface area contributed by atoms with E-state index < -0.39 is 0 Å². The number of para-hydroxylation sites is 2. The molecule has 0 unspecified atom stereocenters. The number of fused-ring (bicyclic) bond motifs is 1. The van der Waals surface area contributed by atoms with Gasteiger partial charge in [-0.1, -0.05) is 12.1 Å². The number of benzene rings is 1. The summed E-state index contributed by atoms with van der Waals surface area (Å²) in [5, 5.41) is 2.92. The maximum absolute atomic E-state index is 5.32. The minimum absolute atomic E-state index is 0.189. The number of rotatable bonds is 1. The zero-order valence-electron chi connectivity index (χ0n) is 7.27. The number of hydrogen-bond acceptors (Lipinski definition) is 3. The summed E-state index contributed by atoms with van der Waals surface area (Å²) in [6.45, 7) is 0. The quantitative estimate of drug-likeness (QED) is 0.685. The Bertz CT molecular complexity index is 483. The number of anilines is 1. The lowest BCUT2D eigenvalue weighted by atomic mass is 10.3. The van der Waals surface area contributed by atoms with Crippen LogP contribution in [0.5, 0.6) is 0 Å². The van der Waals surface area contributed by atoms with Gasteiger partial charge in [0.05, 0.1) is 17.2 Å². The average molecular weight is 204 g/mol. The predicted molar refractivity (Wildman–Crippen MR) is 59.9 cm³/mol. The van der Waals surface area contributed by atoms with Crippen molar-refractivity contribution < 1.29 is 0 Å². The monoisotopic (exact) mass is 204 g/mol. The molecule has 4 nitrogen and oxygen atoms in total. The first-order chi connectivity index (χ1) is 6.75. The van der Waals surface area contributed by atoms with E-state index in [4.69, 9.17) is 18.0 Å². The second-order valence-electron chi connectivity index (χ2n) is 2.73. The molecule has 0 spiro atoms. The standard InChI is InChI=1S/C9H8N4S/c10-9(14)13-8-5-11-6-3-1-2-4-7(6)12-8/h1-5H,(H3,10,12,13,14). The molecule has 0 fully saturated rings. The third kappa shape index (κ3) is 1.77. The first-order valence-corrected chi connectivity index (χ1v) is 4.45. The van der Waals surface area contributed by atoms with Crippen molar-refractivity contribution in [1.82, 2.24) is 9.97 Å². The molecule has 0 atom stereocenters. The van der Waals surface area contributed by atoms with E-state index in [9.17, 15) is 0 Å². The molecule has 0 bridgehead atoms. The van der Waals surface area contributed by atoms with Crippen LogP contribution < -0.4 is 11.1 Å². The highest BCUT2D eigenvalue weighted by Crippen LogP contribution is 2.10. The minimum Gasteiger partial charge on any atom is -0.376 e. The van der Waals surface area contributed by atoms with Crippen LogP contribution in [0.15, 0.2) is 30.5 Å². The van der Waals surface area contributed by atoms with Crippen LogP contribution in [0, 0.1) is 0 Å². The molecule has 2 aromatic rings. The van der Waals surface area contributed by atoms with Gasteiger partial charge in [-0.15, -0.1) is 0 Å². The van der Waals surface area contributed by atoms with Crippen LogP contribution in [0.4, 0.5) is 5.82 Å². The Kier molecular flexibility index (Phi) is 2.24. The fraction of sp³-hybridized carbons (Fsp3) is 0. The molecule has 0 radical (unpaired) electrons. The van der Waals surface area contributed by atoms with E-state index in [1.807, 2.05) is 24.3 Å². The van der Waals surface area contributed by atoms with Gasteiger partial charge in [0.15, 0.2) is 10.9 Å². The summed E-state index contributed by atoms with van der Waals surface area (Å²) in [5.41, 5.74) is 6.98. The summed E-state index contributed by atoms with van der Waals surface area (Å²) in [5.74, 6) is 0.566. The van der Waals surface area contributed by atoms with Crippen LogP contribution in [-0.2, 0) is 0 Å². The molecule has 5 heteroatoms. The molecule has 1 aromatic heterocycles. The van der Waals surface area contributed by atoms with Crippen molar-refractivity contribution in [2.45, 2.75) is 0 Å². The highest BCUT2D eigenvalue weighted by atomic mass is 32.1. The normalized spacial score (nSPS) is 10.0. The molecule has 0 aliphatic heterocycles. The number of nitrogens with one attached hydrogen (secondary N) is 1. The molecule has 0 saturated carbocycles. The molecular formula is C9H8N4S. The van der Waals surface area contributed by atoms with Gasteiger partial charge in [0, 0.05) is 0 Å². The third-order valence-corrected chi connectivity index (χ3v) is 1.80. The van der Waals surface area contributed by atoms with E-state index in [1.165, 1.54) is 0 Å². The number of nitrogens with zero attached hydrogens (tertiary/aromatic N) is 2. The van der Waals surface area contributed by atoms with E-state index in [-0.39, 0.29) is 5.11 Å². The Labute approximate surface area is 86.2 Å². The second kappa shape index (κ2) is 3.55. The van der Waals surface area contributed by atoms with Crippen LogP contribution in [0.25, 0.3) is 11.0 Å². The zero-order valence-corrected chi connectivity index (χ0v) is 8.08. The molecule has 70 valence electrons. The van der Waals surface area contributed by atoms with E-state index >= 15 is 0 Å². The maximum atomic E-state index is 5.32. The topological polar surface area (TPSA) is 63.8 Å². The van der Waals surface area contributed by atoms with Crippen molar-refractivity contribution in [3.05, 3.63) is 30.5 Å². The predicted octanol–water partition coefficient (Wildman–Crippen LogP) is 1.29. The SMILES string of the molecule is NC(=S)Nc1cnc2ccccc2n1. The molecule has 0 saturated heterocycles. The lowest BCUT2D eigenvalue weighted by molar-refractivity contribution is 1.29. The first kappa shape index (κ1) is 8.83. The van der Waals surface area contributed by atoms with E-state index in [2.05, 4.69) is 15.3 Å². The average Bonchev–Trinajstić information content (AvgIpc) is 2.17. The van der Waals surface area contributed by atoms with E-state index in [0.29, 0.717) is 5.82 Å². The number of thiocarbonyl (C=S) groups is 1. The molecule has 0 aliphatic rings. The van der Waals surface area contributed by atoms with Gasteiger partial charge in [0.25, 0.3) is 0 Å². The molecule has 0 amide bonds. The second-order valence-corrected chi connectivity index (χ2v) is 3.17. The molecule has 0 aliphatic carbocycles. The van der Waals surface area contributed by atoms with Crippen molar-refractivity contribution in [3.63, 3.8) is 0 Å². The van der Waals surface area contributed by atoms with Crippen molar-refractivity contribution in [2.75, 3.05) is 5.32 Å². The van der Waals surface area contributed by atoms with Crippen LogP contribution in [0.3, 0.4) is 0 Å². The van der Waals surface area contributed by atoms with Gasteiger partial charge >= 0.3 is 0 Å². The van der Waals surface area contributed by atoms with Crippen molar-refractivity contribution in [2.24, 2.45) is 5.73 Å². The molecule has 2 rings (SSSR count). The fourth-order valence-corrected chi connectivity index (χ4v) is 1.25. The number of aromatic nitrogens is 2. The van der Waals surface area contributed by atoms with Gasteiger partial charge in [-0.2, -0.15) is 0 Å². The van der Waals surface area contributed by atoms with Crippen LogP contribution in [0.2, 0.25) is 0 Å². The number of hydrogen-bond donors (Lipinski definition) is 2. The summed E-state index contributed by atoms with van der Waals surface area (Å²) in [6.07, 6.45) is 1.60. The van der Waals surface area contributed by atoms with Crippen molar-refractivity contribution in [3.8, 4) is 0 Å². The molecule has 1 heterocycles. The Hall–Kier alpha value is -1.75.